The zero-order valence-corrected chi connectivity index (χ0v) is 23.0. The van der Waals surface area contributed by atoms with Gasteiger partial charge in [0.1, 0.15) is 29.4 Å². The van der Waals surface area contributed by atoms with Crippen LogP contribution in [0.3, 0.4) is 0 Å². The summed E-state index contributed by atoms with van der Waals surface area (Å²) in [6, 6.07) is 12.6. The van der Waals surface area contributed by atoms with Gasteiger partial charge in [0, 0.05) is 36.0 Å². The molecule has 0 aliphatic carbocycles. The van der Waals surface area contributed by atoms with E-state index < -0.39 is 17.4 Å². The average molecular weight is 532 g/mol. The Morgan fingerprint density at radius 1 is 1.23 bits per heavy atom. The zero-order chi connectivity index (χ0) is 27.9. The van der Waals surface area contributed by atoms with Crippen LogP contribution in [0.4, 0.5) is 0 Å². The Kier molecular flexibility index (Phi) is 6.93. The lowest BCUT2D eigenvalue weighted by atomic mass is 9.86. The summed E-state index contributed by atoms with van der Waals surface area (Å²) in [4.78, 5) is 20.2. The number of para-hydroxylation sites is 1. The van der Waals surface area contributed by atoms with Gasteiger partial charge in [0.2, 0.25) is 0 Å². The summed E-state index contributed by atoms with van der Waals surface area (Å²) in [7, 11) is 0. The number of aliphatic hydroxyl groups is 1. The number of aliphatic imine (C=N–C) groups is 1. The van der Waals surface area contributed by atoms with Gasteiger partial charge in [-0.25, -0.2) is 4.99 Å². The van der Waals surface area contributed by atoms with Crippen molar-refractivity contribution >= 4 is 11.9 Å². The van der Waals surface area contributed by atoms with Crippen LogP contribution in [0, 0.1) is 11.3 Å². The molecule has 206 valence electrons. The third-order valence-corrected chi connectivity index (χ3v) is 8.33. The monoisotopic (exact) mass is 531 g/mol. The fraction of sp³-hybridized carbons (Fsp3) is 0.500. The maximum atomic E-state index is 13.6. The van der Waals surface area contributed by atoms with Crippen molar-refractivity contribution in [3.05, 3.63) is 58.7 Å². The zero-order valence-electron chi connectivity index (χ0n) is 23.0. The van der Waals surface area contributed by atoms with Crippen molar-refractivity contribution in [1.29, 1.82) is 5.26 Å². The van der Waals surface area contributed by atoms with Gasteiger partial charge >= 0.3 is 0 Å². The van der Waals surface area contributed by atoms with Gasteiger partial charge in [-0.05, 0) is 44.9 Å². The third-order valence-electron chi connectivity index (χ3n) is 8.33. The fourth-order valence-corrected chi connectivity index (χ4v) is 6.17. The number of nitrogens with zero attached hydrogens (tertiary/aromatic N) is 3. The maximum absolute atomic E-state index is 13.6. The van der Waals surface area contributed by atoms with Crippen LogP contribution in [0.1, 0.15) is 98.9 Å². The van der Waals surface area contributed by atoms with E-state index in [1.807, 2.05) is 38.1 Å². The Balaban J connectivity index is 1.50. The lowest BCUT2D eigenvalue weighted by Gasteiger charge is -2.46. The molecule has 3 atom stereocenters. The Morgan fingerprint density at radius 2 is 1.97 bits per heavy atom. The fourth-order valence-electron chi connectivity index (χ4n) is 6.17. The highest BCUT2D eigenvalue weighted by molar-refractivity contribution is 5.95. The van der Waals surface area contributed by atoms with Crippen LogP contribution in [-0.4, -0.2) is 45.8 Å². The molecule has 3 aliphatic heterocycles. The lowest BCUT2D eigenvalue weighted by molar-refractivity contribution is -0.0191. The molecule has 2 aromatic carbocycles. The van der Waals surface area contributed by atoms with Crippen LogP contribution in [-0.2, 0) is 0 Å². The minimum atomic E-state index is -0.845. The number of nitrogens with one attached hydrogen (secondary N) is 1. The molecule has 9 heteroatoms. The summed E-state index contributed by atoms with van der Waals surface area (Å²) in [5.74, 6) is 1.14. The second-order valence-corrected chi connectivity index (χ2v) is 11.3. The van der Waals surface area contributed by atoms with Crippen LogP contribution in [0.25, 0.3) is 0 Å². The molecule has 0 radical (unpaired) electrons. The van der Waals surface area contributed by atoms with Crippen molar-refractivity contribution in [2.45, 2.75) is 89.3 Å². The summed E-state index contributed by atoms with van der Waals surface area (Å²) in [6.07, 6.45) is 2.28. The minimum absolute atomic E-state index is 0.256. The van der Waals surface area contributed by atoms with E-state index in [1.54, 1.807) is 17.0 Å². The molecule has 3 heterocycles. The standard InChI is InChI=1S/C30H37N5O4/c1-5-30(6-2)16-25(36)35(28(32)34-30)23-11-12-38-26-19(17-31)13-18(14-21(23)26)27(37)33-22-15-29(3,4)39-24-10-8-7-9-20(22)24/h7-10,13-14,22-23,25,36H,5-6,11-12,15-16H2,1-4H3,(H2,32,34)(H,33,37)/t22-,23+,25?/m0/s1. The van der Waals surface area contributed by atoms with Gasteiger partial charge in [-0.1, -0.05) is 32.0 Å². The van der Waals surface area contributed by atoms with E-state index in [0.717, 1.165) is 24.2 Å². The second kappa shape index (κ2) is 10.1. The number of aliphatic hydroxyl groups excluding tert-OH is 1. The number of benzene rings is 2. The lowest BCUT2D eigenvalue weighted by Crippen LogP contribution is -2.55. The van der Waals surface area contributed by atoms with Crippen LogP contribution in [0.15, 0.2) is 41.4 Å². The summed E-state index contributed by atoms with van der Waals surface area (Å²) in [5.41, 5.74) is 7.80. The van der Waals surface area contributed by atoms with Gasteiger partial charge in [0.25, 0.3) is 5.91 Å². The maximum Gasteiger partial charge on any atom is 0.251 e. The van der Waals surface area contributed by atoms with Crippen LogP contribution in [0.5, 0.6) is 11.5 Å². The number of nitrogens with two attached hydrogens (primary N) is 1. The number of hydrogen-bond acceptors (Lipinski definition) is 8. The van der Waals surface area contributed by atoms with Gasteiger partial charge in [0.15, 0.2) is 5.96 Å². The largest absolute Gasteiger partial charge is 0.492 e. The summed E-state index contributed by atoms with van der Waals surface area (Å²) in [6.45, 7) is 8.45. The van der Waals surface area contributed by atoms with E-state index in [1.165, 1.54) is 0 Å². The molecule has 2 aromatic rings. The van der Waals surface area contributed by atoms with E-state index in [-0.39, 0.29) is 29.5 Å². The van der Waals surface area contributed by atoms with E-state index in [4.69, 9.17) is 20.2 Å². The van der Waals surface area contributed by atoms with Gasteiger partial charge < -0.3 is 30.5 Å². The molecule has 39 heavy (non-hydrogen) atoms. The Bertz CT molecular complexity index is 1340. The molecule has 0 spiro atoms. The van der Waals surface area contributed by atoms with E-state index in [2.05, 4.69) is 25.2 Å². The number of amides is 1. The molecule has 1 amide bonds. The van der Waals surface area contributed by atoms with Crippen molar-refractivity contribution in [2.24, 2.45) is 10.7 Å². The number of rotatable bonds is 5. The number of nitriles is 1. The Labute approximate surface area is 229 Å². The predicted octanol–water partition coefficient (Wildman–Crippen LogP) is 4.31. The molecule has 3 aliphatic rings. The van der Waals surface area contributed by atoms with E-state index >= 15 is 0 Å². The Hall–Kier alpha value is -3.77. The highest BCUT2D eigenvalue weighted by Gasteiger charge is 2.42. The molecular formula is C30H37N5O4. The average Bonchev–Trinajstić information content (AvgIpc) is 2.91. The molecule has 0 saturated heterocycles. The number of carbonyl (C=O) groups is 1. The molecular weight excluding hydrogens is 494 g/mol. The molecule has 0 bridgehead atoms. The molecule has 9 nitrogen and oxygen atoms in total. The summed E-state index contributed by atoms with van der Waals surface area (Å²) < 4.78 is 12.0. The van der Waals surface area contributed by atoms with E-state index in [0.29, 0.717) is 42.7 Å². The molecule has 0 saturated carbocycles. The predicted molar refractivity (Wildman–Crippen MR) is 147 cm³/mol. The van der Waals surface area contributed by atoms with Crippen LogP contribution < -0.4 is 20.5 Å². The van der Waals surface area contributed by atoms with Gasteiger partial charge in [0.05, 0.1) is 29.8 Å². The number of fused-ring (bicyclic) bond motifs is 2. The normalized spacial score (nSPS) is 24.7. The topological polar surface area (TPSA) is 133 Å². The first-order valence-electron chi connectivity index (χ1n) is 13.7. The molecule has 0 aromatic heterocycles. The van der Waals surface area contributed by atoms with Crippen molar-refractivity contribution in [3.8, 4) is 17.6 Å². The van der Waals surface area contributed by atoms with Crippen molar-refractivity contribution in [3.63, 3.8) is 0 Å². The number of guanidine groups is 1. The molecule has 5 rings (SSSR count). The van der Waals surface area contributed by atoms with Gasteiger partial charge in [-0.3, -0.25) is 4.79 Å². The molecule has 1 unspecified atom stereocenters. The van der Waals surface area contributed by atoms with Crippen LogP contribution in [0.2, 0.25) is 0 Å². The quantitative estimate of drug-likeness (QED) is 0.523. The molecule has 4 N–H and O–H groups in total. The Morgan fingerprint density at radius 3 is 2.67 bits per heavy atom. The van der Waals surface area contributed by atoms with E-state index in [9.17, 15) is 15.2 Å². The highest BCUT2D eigenvalue weighted by Crippen LogP contribution is 2.43. The number of hydrogen-bond donors (Lipinski definition) is 3. The van der Waals surface area contributed by atoms with Gasteiger partial charge in [-0.15, -0.1) is 0 Å². The second-order valence-electron chi connectivity index (χ2n) is 11.3. The number of carbonyl (C=O) groups excluding carboxylic acids is 1. The minimum Gasteiger partial charge on any atom is -0.492 e. The number of ether oxygens (including phenoxy) is 2. The van der Waals surface area contributed by atoms with Gasteiger partial charge in [-0.2, -0.15) is 5.26 Å². The third kappa shape index (κ3) is 4.89. The first-order valence-corrected chi connectivity index (χ1v) is 13.7. The molecule has 0 fully saturated rings. The van der Waals surface area contributed by atoms with Crippen molar-refractivity contribution in [2.75, 3.05) is 6.61 Å². The van der Waals surface area contributed by atoms with Crippen molar-refractivity contribution in [1.82, 2.24) is 10.2 Å². The van der Waals surface area contributed by atoms with Crippen LogP contribution >= 0.6 is 0 Å². The highest BCUT2D eigenvalue weighted by atomic mass is 16.5. The first-order chi connectivity index (χ1) is 18.6. The first kappa shape index (κ1) is 26.8. The summed E-state index contributed by atoms with van der Waals surface area (Å²) in [5, 5.41) is 24.4. The van der Waals surface area contributed by atoms with Crippen molar-refractivity contribution < 1.29 is 19.4 Å². The smallest absolute Gasteiger partial charge is 0.251 e. The summed E-state index contributed by atoms with van der Waals surface area (Å²) >= 11 is 0. The SMILES string of the molecule is CCC1(CC)CC(O)N([C@@H]2CCOc3c(C#N)cc(C(=O)N[C@H]4CC(C)(C)Oc5ccccc54)cc32)C(N)=N1.